The van der Waals surface area contributed by atoms with Gasteiger partial charge in [-0.1, -0.05) is 26.0 Å². The summed E-state index contributed by atoms with van der Waals surface area (Å²) < 4.78 is 5.49. The van der Waals surface area contributed by atoms with Crippen molar-refractivity contribution in [3.05, 3.63) is 35.4 Å². The third-order valence-electron chi connectivity index (χ3n) is 5.61. The maximum Gasteiger partial charge on any atom is 0.251 e. The van der Waals surface area contributed by atoms with E-state index in [1.165, 1.54) is 12.0 Å². The molecule has 1 aromatic carbocycles. The Morgan fingerprint density at radius 2 is 2.04 bits per heavy atom. The normalized spacial score (nSPS) is 24.9. The molecule has 26 heavy (non-hydrogen) atoms. The lowest BCUT2D eigenvalue weighted by Crippen LogP contribution is -2.48. The Kier molecular flexibility index (Phi) is 6.68. The molecule has 1 amide bonds. The Morgan fingerprint density at radius 1 is 1.27 bits per heavy atom. The van der Waals surface area contributed by atoms with E-state index in [-0.39, 0.29) is 5.91 Å². The average Bonchev–Trinajstić information content (AvgIpc) is 3.01. The van der Waals surface area contributed by atoms with Crippen molar-refractivity contribution in [3.8, 4) is 0 Å². The van der Waals surface area contributed by atoms with E-state index in [0.29, 0.717) is 24.5 Å². The quantitative estimate of drug-likeness (QED) is 0.847. The number of morpholine rings is 1. The predicted molar refractivity (Wildman–Crippen MR) is 104 cm³/mol. The van der Waals surface area contributed by atoms with Gasteiger partial charge in [-0.15, -0.1) is 0 Å². The summed E-state index contributed by atoms with van der Waals surface area (Å²) >= 11 is 0. The molecule has 144 valence electrons. The van der Waals surface area contributed by atoms with Crippen molar-refractivity contribution in [1.29, 1.82) is 0 Å². The molecule has 0 unspecified atom stereocenters. The van der Waals surface area contributed by atoms with Crippen LogP contribution in [0, 0.1) is 5.92 Å². The number of carbonyl (C=O) groups is 1. The number of hydrogen-bond acceptors (Lipinski definition) is 4. The lowest BCUT2D eigenvalue weighted by Gasteiger charge is -2.36. The van der Waals surface area contributed by atoms with Crippen LogP contribution in [0.25, 0.3) is 0 Å². The number of carbonyl (C=O) groups excluding carboxylic acids is 1. The van der Waals surface area contributed by atoms with Crippen molar-refractivity contribution in [2.45, 2.75) is 45.8 Å². The highest BCUT2D eigenvalue weighted by molar-refractivity contribution is 5.94. The summed E-state index contributed by atoms with van der Waals surface area (Å²) in [5.74, 6) is 0.492. The summed E-state index contributed by atoms with van der Waals surface area (Å²) in [6.07, 6.45) is 1.22. The molecule has 2 atom stereocenters. The first-order valence-corrected chi connectivity index (χ1v) is 9.97. The van der Waals surface area contributed by atoms with Gasteiger partial charge in [0.1, 0.15) is 0 Å². The fraction of sp³-hybridized carbons (Fsp3) is 0.667. The van der Waals surface area contributed by atoms with Gasteiger partial charge in [-0.25, -0.2) is 0 Å². The SMILES string of the molecule is CC(C)CNC(=O)c1cccc(CN2CC[C@@H](N3CCOCC3)[C@H]2C)c1. The molecular weight excluding hydrogens is 326 g/mol. The van der Waals surface area contributed by atoms with Gasteiger partial charge < -0.3 is 10.1 Å². The smallest absolute Gasteiger partial charge is 0.251 e. The van der Waals surface area contributed by atoms with E-state index in [1.54, 1.807) is 0 Å². The Morgan fingerprint density at radius 3 is 2.77 bits per heavy atom. The van der Waals surface area contributed by atoms with Crippen LogP contribution in [0.5, 0.6) is 0 Å². The minimum atomic E-state index is 0.0289. The van der Waals surface area contributed by atoms with Crippen LogP contribution in [0.3, 0.4) is 0 Å². The molecule has 2 heterocycles. The number of nitrogens with zero attached hydrogens (tertiary/aromatic N) is 2. The average molecular weight is 360 g/mol. The van der Waals surface area contributed by atoms with Gasteiger partial charge in [-0.05, 0) is 37.0 Å². The Hall–Kier alpha value is -1.43. The highest BCUT2D eigenvalue weighted by Gasteiger charge is 2.35. The van der Waals surface area contributed by atoms with Crippen LogP contribution >= 0.6 is 0 Å². The minimum Gasteiger partial charge on any atom is -0.379 e. The van der Waals surface area contributed by atoms with Crippen molar-refractivity contribution in [2.75, 3.05) is 39.4 Å². The number of hydrogen-bond donors (Lipinski definition) is 1. The van der Waals surface area contributed by atoms with Gasteiger partial charge in [-0.2, -0.15) is 0 Å². The third kappa shape index (κ3) is 4.84. The van der Waals surface area contributed by atoms with Gasteiger partial charge in [0.15, 0.2) is 0 Å². The fourth-order valence-corrected chi connectivity index (χ4v) is 4.05. The molecule has 2 saturated heterocycles. The number of nitrogens with one attached hydrogen (secondary N) is 1. The fourth-order valence-electron chi connectivity index (χ4n) is 4.05. The van der Waals surface area contributed by atoms with Crippen LogP contribution < -0.4 is 5.32 Å². The number of benzene rings is 1. The largest absolute Gasteiger partial charge is 0.379 e. The predicted octanol–water partition coefficient (Wildman–Crippen LogP) is 2.37. The van der Waals surface area contributed by atoms with E-state index < -0.39 is 0 Å². The van der Waals surface area contributed by atoms with E-state index in [4.69, 9.17) is 4.74 Å². The van der Waals surface area contributed by atoms with Crippen LogP contribution in [-0.4, -0.2) is 67.2 Å². The summed E-state index contributed by atoms with van der Waals surface area (Å²) in [6, 6.07) is 9.24. The zero-order valence-electron chi connectivity index (χ0n) is 16.4. The molecule has 0 spiro atoms. The van der Waals surface area contributed by atoms with Crippen molar-refractivity contribution in [2.24, 2.45) is 5.92 Å². The lowest BCUT2D eigenvalue weighted by atomic mass is 10.1. The first-order valence-electron chi connectivity index (χ1n) is 9.97. The molecule has 0 saturated carbocycles. The molecule has 1 aromatic rings. The monoisotopic (exact) mass is 359 g/mol. The van der Waals surface area contributed by atoms with Gasteiger partial charge in [0.05, 0.1) is 13.2 Å². The standard InChI is InChI=1S/C21H33N3O2/c1-16(2)14-22-21(25)19-6-4-5-18(13-19)15-24-8-7-20(17(24)3)23-9-11-26-12-10-23/h4-6,13,16-17,20H,7-12,14-15H2,1-3H3,(H,22,25)/t17-,20-/m1/s1. The van der Waals surface area contributed by atoms with Gasteiger partial charge in [-0.3, -0.25) is 14.6 Å². The summed E-state index contributed by atoms with van der Waals surface area (Å²) in [7, 11) is 0. The van der Waals surface area contributed by atoms with Gasteiger partial charge in [0.2, 0.25) is 0 Å². The van der Waals surface area contributed by atoms with Gasteiger partial charge >= 0.3 is 0 Å². The van der Waals surface area contributed by atoms with Crippen molar-refractivity contribution in [3.63, 3.8) is 0 Å². The molecule has 1 N–H and O–H groups in total. The maximum atomic E-state index is 12.3. The van der Waals surface area contributed by atoms with E-state index in [1.807, 2.05) is 18.2 Å². The second-order valence-electron chi connectivity index (χ2n) is 8.02. The van der Waals surface area contributed by atoms with Crippen molar-refractivity contribution < 1.29 is 9.53 Å². The molecule has 0 radical (unpaired) electrons. The lowest BCUT2D eigenvalue weighted by molar-refractivity contribution is 0.00984. The van der Waals surface area contributed by atoms with Crippen molar-refractivity contribution >= 4 is 5.91 Å². The minimum absolute atomic E-state index is 0.0289. The molecule has 0 aliphatic carbocycles. The molecule has 0 aromatic heterocycles. The second-order valence-corrected chi connectivity index (χ2v) is 8.02. The first-order chi connectivity index (χ1) is 12.5. The number of ether oxygens (including phenoxy) is 1. The zero-order chi connectivity index (χ0) is 18.5. The summed E-state index contributed by atoms with van der Waals surface area (Å²) in [4.78, 5) is 17.5. The highest BCUT2D eigenvalue weighted by Crippen LogP contribution is 2.25. The molecule has 0 bridgehead atoms. The summed E-state index contributed by atoms with van der Waals surface area (Å²) in [6.45, 7) is 13.1. The highest BCUT2D eigenvalue weighted by atomic mass is 16.5. The molecule has 2 aliphatic rings. The van der Waals surface area contributed by atoms with E-state index in [2.05, 4.69) is 42.0 Å². The first kappa shape index (κ1) is 19.3. The second kappa shape index (κ2) is 8.98. The number of likely N-dealkylation sites (tertiary alicyclic amines) is 1. The van der Waals surface area contributed by atoms with E-state index >= 15 is 0 Å². The molecule has 3 rings (SSSR count). The molecule has 2 fully saturated rings. The van der Waals surface area contributed by atoms with Crippen molar-refractivity contribution in [1.82, 2.24) is 15.1 Å². The Bertz CT molecular complexity index is 599. The molecule has 2 aliphatic heterocycles. The molecular formula is C21H33N3O2. The summed E-state index contributed by atoms with van der Waals surface area (Å²) in [5, 5.41) is 3.01. The topological polar surface area (TPSA) is 44.8 Å². The van der Waals surface area contributed by atoms with E-state index in [0.717, 1.165) is 45.0 Å². The zero-order valence-corrected chi connectivity index (χ0v) is 16.4. The Labute approximate surface area is 157 Å². The van der Waals surface area contributed by atoms with Crippen LogP contribution in [-0.2, 0) is 11.3 Å². The van der Waals surface area contributed by atoms with Crippen LogP contribution in [0.4, 0.5) is 0 Å². The third-order valence-corrected chi connectivity index (χ3v) is 5.61. The molecule has 5 nitrogen and oxygen atoms in total. The van der Waals surface area contributed by atoms with Gasteiger partial charge in [0, 0.05) is 50.4 Å². The van der Waals surface area contributed by atoms with Crippen LogP contribution in [0.1, 0.15) is 43.1 Å². The summed E-state index contributed by atoms with van der Waals surface area (Å²) in [5.41, 5.74) is 1.98. The van der Waals surface area contributed by atoms with Gasteiger partial charge in [0.25, 0.3) is 5.91 Å². The maximum absolute atomic E-state index is 12.3. The van der Waals surface area contributed by atoms with Crippen LogP contribution in [0.15, 0.2) is 24.3 Å². The number of rotatable bonds is 6. The Balaban J connectivity index is 1.58. The van der Waals surface area contributed by atoms with Crippen LogP contribution in [0.2, 0.25) is 0 Å². The molecule has 5 heteroatoms. The number of amides is 1. The van der Waals surface area contributed by atoms with E-state index in [9.17, 15) is 4.79 Å².